The van der Waals surface area contributed by atoms with Crippen LogP contribution in [0.4, 0.5) is 5.82 Å². The van der Waals surface area contributed by atoms with Gasteiger partial charge in [-0.15, -0.1) is 0 Å². The minimum Gasteiger partial charge on any atom is -0.365 e. The molecule has 2 aromatic rings. The van der Waals surface area contributed by atoms with Crippen molar-refractivity contribution in [1.82, 2.24) is 9.97 Å². The number of carbonyl (C=O) groups is 1. The molecule has 4 rings (SSSR count). The lowest BCUT2D eigenvalue weighted by atomic mass is 10.0. The maximum absolute atomic E-state index is 11.8. The van der Waals surface area contributed by atoms with E-state index in [-0.39, 0.29) is 0 Å². The Morgan fingerprint density at radius 3 is 2.48 bits per heavy atom. The van der Waals surface area contributed by atoms with Gasteiger partial charge in [-0.1, -0.05) is 36.8 Å². The second-order valence-corrected chi connectivity index (χ2v) is 6.52. The van der Waals surface area contributed by atoms with Crippen molar-refractivity contribution in [2.45, 2.75) is 19.3 Å². The zero-order valence-corrected chi connectivity index (χ0v) is 13.0. The normalized spacial score (nSPS) is 23.0. The standard InChI is InChI=1S/C18H20N4O/c19-16(23)15-9-20-17(12-5-2-1-3-6-12)21-18(15)22-10-13-7-4-8-14(13)11-22/h1-3,5-6,9,13-14H,4,7-8,10-11H2,(H2,19,23). The summed E-state index contributed by atoms with van der Waals surface area (Å²) >= 11 is 0. The van der Waals surface area contributed by atoms with Crippen LogP contribution < -0.4 is 10.6 Å². The molecule has 0 spiro atoms. The highest BCUT2D eigenvalue weighted by Crippen LogP contribution is 2.40. The van der Waals surface area contributed by atoms with Gasteiger partial charge in [-0.3, -0.25) is 4.79 Å². The fourth-order valence-electron chi connectivity index (χ4n) is 3.92. The van der Waals surface area contributed by atoms with E-state index >= 15 is 0 Å². The van der Waals surface area contributed by atoms with Gasteiger partial charge in [0, 0.05) is 24.8 Å². The summed E-state index contributed by atoms with van der Waals surface area (Å²) in [5.74, 6) is 2.33. The summed E-state index contributed by atoms with van der Waals surface area (Å²) in [5.41, 5.74) is 6.91. The second-order valence-electron chi connectivity index (χ2n) is 6.52. The minimum absolute atomic E-state index is 0.421. The lowest BCUT2D eigenvalue weighted by molar-refractivity contribution is 0.1000. The molecule has 5 nitrogen and oxygen atoms in total. The molecule has 1 aliphatic carbocycles. The molecule has 2 fully saturated rings. The van der Waals surface area contributed by atoms with Crippen LogP contribution in [-0.4, -0.2) is 29.0 Å². The molecule has 0 bridgehead atoms. The third-order valence-electron chi connectivity index (χ3n) is 5.09. The molecule has 2 unspecified atom stereocenters. The Hall–Kier alpha value is -2.43. The molecule has 1 aromatic carbocycles. The number of fused-ring (bicyclic) bond motifs is 1. The van der Waals surface area contributed by atoms with E-state index in [0.29, 0.717) is 17.2 Å². The van der Waals surface area contributed by atoms with Crippen molar-refractivity contribution in [3.8, 4) is 11.4 Å². The molecule has 2 N–H and O–H groups in total. The molecular formula is C18H20N4O. The Bertz CT molecular complexity index is 719. The van der Waals surface area contributed by atoms with Gasteiger partial charge < -0.3 is 10.6 Å². The number of nitrogens with two attached hydrogens (primary N) is 1. The first kappa shape index (κ1) is 14.2. The van der Waals surface area contributed by atoms with Gasteiger partial charge in [0.25, 0.3) is 5.91 Å². The first-order chi connectivity index (χ1) is 11.2. The average Bonchev–Trinajstić information content (AvgIpc) is 3.16. The number of carbonyl (C=O) groups excluding carboxylic acids is 1. The number of benzene rings is 1. The van der Waals surface area contributed by atoms with Gasteiger partial charge in [-0.25, -0.2) is 9.97 Å². The zero-order valence-electron chi connectivity index (χ0n) is 13.0. The summed E-state index contributed by atoms with van der Waals surface area (Å²) in [6, 6.07) is 9.83. The quantitative estimate of drug-likeness (QED) is 0.945. The molecule has 1 amide bonds. The number of hydrogen-bond donors (Lipinski definition) is 1. The third-order valence-corrected chi connectivity index (χ3v) is 5.09. The number of anilines is 1. The Morgan fingerprint density at radius 2 is 1.83 bits per heavy atom. The van der Waals surface area contributed by atoms with Crippen LogP contribution in [0, 0.1) is 11.8 Å². The largest absolute Gasteiger partial charge is 0.365 e. The molecule has 5 heteroatoms. The van der Waals surface area contributed by atoms with E-state index in [0.717, 1.165) is 30.5 Å². The van der Waals surface area contributed by atoms with Gasteiger partial charge in [0.15, 0.2) is 5.82 Å². The molecular weight excluding hydrogens is 288 g/mol. The van der Waals surface area contributed by atoms with Crippen molar-refractivity contribution in [2.75, 3.05) is 18.0 Å². The van der Waals surface area contributed by atoms with E-state index < -0.39 is 5.91 Å². The van der Waals surface area contributed by atoms with E-state index in [4.69, 9.17) is 5.73 Å². The lowest BCUT2D eigenvalue weighted by Gasteiger charge is -2.21. The predicted molar refractivity (Wildman–Crippen MR) is 89.0 cm³/mol. The summed E-state index contributed by atoms with van der Waals surface area (Å²) < 4.78 is 0. The molecule has 1 saturated heterocycles. The van der Waals surface area contributed by atoms with E-state index in [1.807, 2.05) is 30.3 Å². The van der Waals surface area contributed by atoms with Crippen LogP contribution in [0.3, 0.4) is 0 Å². The summed E-state index contributed by atoms with van der Waals surface area (Å²) in [5, 5.41) is 0. The molecule has 0 radical (unpaired) electrons. The van der Waals surface area contributed by atoms with Gasteiger partial charge in [-0.2, -0.15) is 0 Å². The number of amides is 1. The summed E-state index contributed by atoms with van der Waals surface area (Å²) in [6.45, 7) is 1.94. The number of aromatic nitrogens is 2. The van der Waals surface area contributed by atoms with Crippen molar-refractivity contribution in [3.05, 3.63) is 42.1 Å². The smallest absolute Gasteiger partial charge is 0.254 e. The number of rotatable bonds is 3. The van der Waals surface area contributed by atoms with E-state index in [1.54, 1.807) is 6.20 Å². The maximum Gasteiger partial charge on any atom is 0.254 e. The highest BCUT2D eigenvalue weighted by Gasteiger charge is 2.37. The third kappa shape index (κ3) is 2.56. The topological polar surface area (TPSA) is 72.1 Å². The van der Waals surface area contributed by atoms with Crippen LogP contribution in [0.25, 0.3) is 11.4 Å². The molecule has 1 aromatic heterocycles. The van der Waals surface area contributed by atoms with Gasteiger partial charge in [0.2, 0.25) is 0 Å². The summed E-state index contributed by atoms with van der Waals surface area (Å²) in [7, 11) is 0. The molecule has 118 valence electrons. The fourth-order valence-corrected chi connectivity index (χ4v) is 3.92. The predicted octanol–water partition coefficient (Wildman–Crippen LogP) is 2.48. The Morgan fingerprint density at radius 1 is 1.13 bits per heavy atom. The van der Waals surface area contributed by atoms with Crippen LogP contribution in [0.1, 0.15) is 29.6 Å². The Balaban J connectivity index is 1.73. The van der Waals surface area contributed by atoms with Gasteiger partial charge >= 0.3 is 0 Å². The second kappa shape index (κ2) is 5.65. The Kier molecular flexibility index (Phi) is 3.48. The van der Waals surface area contributed by atoms with Gasteiger partial charge in [0.1, 0.15) is 11.4 Å². The van der Waals surface area contributed by atoms with Crippen LogP contribution in [0.2, 0.25) is 0 Å². The van der Waals surface area contributed by atoms with E-state index in [2.05, 4.69) is 14.9 Å². The molecule has 23 heavy (non-hydrogen) atoms. The monoisotopic (exact) mass is 308 g/mol. The van der Waals surface area contributed by atoms with Crippen LogP contribution in [0.5, 0.6) is 0 Å². The van der Waals surface area contributed by atoms with Crippen molar-refractivity contribution in [2.24, 2.45) is 17.6 Å². The number of nitrogens with zero attached hydrogens (tertiary/aromatic N) is 3. The Labute approximate surface area is 135 Å². The summed E-state index contributed by atoms with van der Waals surface area (Å²) in [6.07, 6.45) is 5.46. The first-order valence-electron chi connectivity index (χ1n) is 8.19. The van der Waals surface area contributed by atoms with Crippen LogP contribution >= 0.6 is 0 Å². The molecule has 1 aliphatic heterocycles. The van der Waals surface area contributed by atoms with Crippen molar-refractivity contribution in [3.63, 3.8) is 0 Å². The molecule has 2 aliphatic rings. The zero-order chi connectivity index (χ0) is 15.8. The first-order valence-corrected chi connectivity index (χ1v) is 8.19. The number of hydrogen-bond acceptors (Lipinski definition) is 4. The average molecular weight is 308 g/mol. The molecule has 2 atom stereocenters. The highest BCUT2D eigenvalue weighted by molar-refractivity contribution is 5.97. The van der Waals surface area contributed by atoms with E-state index in [1.165, 1.54) is 19.3 Å². The van der Waals surface area contributed by atoms with Crippen LogP contribution in [0.15, 0.2) is 36.5 Å². The fraction of sp³-hybridized carbons (Fsp3) is 0.389. The summed E-state index contributed by atoms with van der Waals surface area (Å²) in [4.78, 5) is 23.0. The molecule has 2 heterocycles. The van der Waals surface area contributed by atoms with Crippen molar-refractivity contribution < 1.29 is 4.79 Å². The lowest BCUT2D eigenvalue weighted by Crippen LogP contribution is -2.26. The van der Waals surface area contributed by atoms with Crippen molar-refractivity contribution >= 4 is 11.7 Å². The van der Waals surface area contributed by atoms with Crippen molar-refractivity contribution in [1.29, 1.82) is 0 Å². The number of primary amides is 1. The minimum atomic E-state index is -0.461. The van der Waals surface area contributed by atoms with Crippen LogP contribution in [-0.2, 0) is 0 Å². The van der Waals surface area contributed by atoms with Gasteiger partial charge in [0.05, 0.1) is 0 Å². The highest BCUT2D eigenvalue weighted by atomic mass is 16.1. The SMILES string of the molecule is NC(=O)c1cnc(-c2ccccc2)nc1N1CC2CCCC2C1. The maximum atomic E-state index is 11.8. The van der Waals surface area contributed by atoms with E-state index in [9.17, 15) is 4.79 Å². The molecule has 1 saturated carbocycles. The van der Waals surface area contributed by atoms with Gasteiger partial charge in [-0.05, 0) is 24.7 Å².